The zero-order chi connectivity index (χ0) is 23.3. The van der Waals surface area contributed by atoms with E-state index < -0.39 is 0 Å². The molecule has 1 N–H and O–H groups in total. The van der Waals surface area contributed by atoms with Gasteiger partial charge in [-0.1, -0.05) is 61.3 Å². The lowest BCUT2D eigenvalue weighted by Gasteiger charge is -2.18. The number of amides is 1. The van der Waals surface area contributed by atoms with Crippen molar-refractivity contribution in [3.8, 4) is 11.1 Å². The summed E-state index contributed by atoms with van der Waals surface area (Å²) in [5.41, 5.74) is 7.74. The van der Waals surface area contributed by atoms with Crippen molar-refractivity contribution in [1.82, 2.24) is 14.9 Å². The van der Waals surface area contributed by atoms with Gasteiger partial charge in [0.2, 0.25) is 0 Å². The Labute approximate surface area is 203 Å². The van der Waals surface area contributed by atoms with E-state index in [9.17, 15) is 4.79 Å². The van der Waals surface area contributed by atoms with Gasteiger partial charge in [0.15, 0.2) is 0 Å². The highest BCUT2D eigenvalue weighted by Crippen LogP contribution is 2.35. The minimum absolute atomic E-state index is 0.0351. The van der Waals surface area contributed by atoms with Crippen LogP contribution in [0.15, 0.2) is 54.6 Å². The molecule has 0 saturated heterocycles. The minimum Gasteiger partial charge on any atom is -0.345 e. The third-order valence-electron chi connectivity index (χ3n) is 6.39. The third kappa shape index (κ3) is 3.92. The number of fused-ring (bicyclic) bond motifs is 2. The van der Waals surface area contributed by atoms with Gasteiger partial charge in [0.1, 0.15) is 0 Å². The summed E-state index contributed by atoms with van der Waals surface area (Å²) >= 11 is 12.5. The Balaban J connectivity index is 1.58. The Morgan fingerprint density at radius 1 is 1.09 bits per heavy atom. The van der Waals surface area contributed by atoms with Gasteiger partial charge in [-0.25, -0.2) is 4.52 Å². The molecule has 0 fully saturated rings. The van der Waals surface area contributed by atoms with Crippen molar-refractivity contribution in [2.24, 2.45) is 0 Å². The number of aryl methyl sites for hydroxylation is 2. The van der Waals surface area contributed by atoms with Gasteiger partial charge < -0.3 is 5.32 Å². The Morgan fingerprint density at radius 3 is 2.55 bits per heavy atom. The zero-order valence-corrected chi connectivity index (χ0v) is 20.3. The molecule has 2 aromatic carbocycles. The highest BCUT2D eigenvalue weighted by Gasteiger charge is 2.27. The number of rotatable bonds is 4. The predicted octanol–water partition coefficient (Wildman–Crippen LogP) is 7.16. The lowest BCUT2D eigenvalue weighted by molar-refractivity contribution is 0.0934. The van der Waals surface area contributed by atoms with E-state index >= 15 is 0 Å². The van der Waals surface area contributed by atoms with E-state index in [-0.39, 0.29) is 17.9 Å². The molecule has 33 heavy (non-hydrogen) atoms. The lowest BCUT2D eigenvalue weighted by Crippen LogP contribution is -2.29. The molecule has 2 heterocycles. The first-order valence-corrected chi connectivity index (χ1v) is 12.0. The van der Waals surface area contributed by atoms with Crippen molar-refractivity contribution in [2.45, 2.75) is 45.6 Å². The van der Waals surface area contributed by atoms with Crippen LogP contribution in [0.2, 0.25) is 10.0 Å². The summed E-state index contributed by atoms with van der Waals surface area (Å²) in [4.78, 5) is 13.4. The topological polar surface area (TPSA) is 46.4 Å². The second-order valence-corrected chi connectivity index (χ2v) is 9.84. The van der Waals surface area contributed by atoms with Crippen molar-refractivity contribution in [1.29, 1.82) is 0 Å². The molecular weight excluding hydrogens is 453 g/mol. The second-order valence-electron chi connectivity index (χ2n) is 8.97. The first-order valence-electron chi connectivity index (χ1n) is 11.2. The van der Waals surface area contributed by atoms with Crippen LogP contribution in [0.4, 0.5) is 0 Å². The smallest absolute Gasteiger partial charge is 0.253 e. The normalized spacial score (nSPS) is 15.3. The fourth-order valence-electron chi connectivity index (χ4n) is 4.99. The maximum Gasteiger partial charge on any atom is 0.253 e. The maximum atomic E-state index is 13.4. The van der Waals surface area contributed by atoms with Gasteiger partial charge in [-0.15, -0.1) is 0 Å². The van der Waals surface area contributed by atoms with Gasteiger partial charge >= 0.3 is 0 Å². The number of carbonyl (C=O) groups excluding carboxylic acids is 1. The van der Waals surface area contributed by atoms with Crippen LogP contribution in [0.1, 0.15) is 65.1 Å². The third-order valence-corrected chi connectivity index (χ3v) is 6.83. The van der Waals surface area contributed by atoms with Crippen molar-refractivity contribution < 1.29 is 4.79 Å². The summed E-state index contributed by atoms with van der Waals surface area (Å²) in [6.45, 7) is 6.14. The molecule has 0 unspecified atom stereocenters. The van der Waals surface area contributed by atoms with Crippen molar-refractivity contribution >= 4 is 34.6 Å². The Bertz CT molecular complexity index is 1370. The summed E-state index contributed by atoms with van der Waals surface area (Å²) in [5.74, 6) is 0.0308. The molecule has 1 aliphatic carbocycles. The average molecular weight is 478 g/mol. The standard InChI is InChI=1S/C27H25Cl2N3O/c1-15(2)26-22(27(33)30-23-10-8-17-6-4-5-7-21(17)23)9-11-24-25(16(3)31-32(24)26)18-12-19(28)14-20(29)13-18/h4-7,9,11-15,23H,8,10H2,1-3H3,(H,30,33)/t23-/m1/s1. The zero-order valence-electron chi connectivity index (χ0n) is 18.8. The van der Waals surface area contributed by atoms with Crippen LogP contribution in [-0.2, 0) is 6.42 Å². The largest absolute Gasteiger partial charge is 0.345 e. The highest BCUT2D eigenvalue weighted by molar-refractivity contribution is 6.35. The first kappa shape index (κ1) is 22.0. The Kier molecular flexibility index (Phi) is 5.67. The number of hydrogen-bond donors (Lipinski definition) is 1. The number of benzene rings is 2. The molecule has 5 rings (SSSR count). The molecule has 2 aromatic heterocycles. The van der Waals surface area contributed by atoms with Crippen LogP contribution >= 0.6 is 23.2 Å². The molecule has 4 aromatic rings. The van der Waals surface area contributed by atoms with Crippen LogP contribution in [0.25, 0.3) is 16.6 Å². The number of hydrogen-bond acceptors (Lipinski definition) is 2. The molecule has 4 nitrogen and oxygen atoms in total. The first-order chi connectivity index (χ1) is 15.8. The van der Waals surface area contributed by atoms with Crippen LogP contribution in [0.3, 0.4) is 0 Å². The molecule has 1 atom stereocenters. The Morgan fingerprint density at radius 2 is 1.82 bits per heavy atom. The van der Waals surface area contributed by atoms with Gasteiger partial charge in [-0.05, 0) is 72.7 Å². The van der Waals surface area contributed by atoms with Gasteiger partial charge in [0.25, 0.3) is 5.91 Å². The van der Waals surface area contributed by atoms with E-state index in [4.69, 9.17) is 28.3 Å². The van der Waals surface area contributed by atoms with Crippen molar-refractivity contribution in [3.05, 3.63) is 92.7 Å². The van der Waals surface area contributed by atoms with Gasteiger partial charge in [-0.3, -0.25) is 4.79 Å². The quantitative estimate of drug-likeness (QED) is 0.338. The summed E-state index contributed by atoms with van der Waals surface area (Å²) in [6.07, 6.45) is 1.91. The van der Waals surface area contributed by atoms with Crippen LogP contribution in [0.5, 0.6) is 0 Å². The van der Waals surface area contributed by atoms with Gasteiger partial charge in [-0.2, -0.15) is 5.10 Å². The van der Waals surface area contributed by atoms with E-state index in [0.29, 0.717) is 15.6 Å². The second kappa shape index (κ2) is 8.51. The van der Waals surface area contributed by atoms with E-state index in [1.54, 1.807) is 6.07 Å². The number of halogens is 2. The van der Waals surface area contributed by atoms with Crippen LogP contribution in [0, 0.1) is 6.92 Å². The predicted molar refractivity (Wildman–Crippen MR) is 134 cm³/mol. The van der Waals surface area contributed by atoms with Crippen LogP contribution < -0.4 is 5.32 Å². The maximum absolute atomic E-state index is 13.4. The monoisotopic (exact) mass is 477 g/mol. The van der Waals surface area contributed by atoms with Crippen LogP contribution in [-0.4, -0.2) is 15.5 Å². The number of pyridine rings is 1. The average Bonchev–Trinajstić information content (AvgIpc) is 3.32. The van der Waals surface area contributed by atoms with Crippen molar-refractivity contribution in [3.63, 3.8) is 0 Å². The van der Waals surface area contributed by atoms with E-state index in [0.717, 1.165) is 40.9 Å². The summed E-state index contributed by atoms with van der Waals surface area (Å²) in [6, 6.07) is 17.8. The molecule has 0 spiro atoms. The fraction of sp³-hybridized carbons (Fsp3) is 0.259. The summed E-state index contributed by atoms with van der Waals surface area (Å²) in [5, 5.41) is 9.25. The SMILES string of the molecule is Cc1nn2c(C(C)C)c(C(=O)N[C@@H]3CCc4ccccc43)ccc2c1-c1cc(Cl)cc(Cl)c1. The highest BCUT2D eigenvalue weighted by atomic mass is 35.5. The molecule has 1 amide bonds. The molecule has 0 radical (unpaired) electrons. The van der Waals surface area contributed by atoms with E-state index in [1.807, 2.05) is 41.8 Å². The summed E-state index contributed by atoms with van der Waals surface area (Å²) < 4.78 is 1.90. The molecular formula is C27H25Cl2N3O. The summed E-state index contributed by atoms with van der Waals surface area (Å²) in [7, 11) is 0. The molecule has 0 aliphatic heterocycles. The van der Waals surface area contributed by atoms with E-state index in [1.165, 1.54) is 11.1 Å². The fourth-order valence-corrected chi connectivity index (χ4v) is 5.52. The van der Waals surface area contributed by atoms with E-state index in [2.05, 4.69) is 37.4 Å². The lowest BCUT2D eigenvalue weighted by atomic mass is 9.99. The number of nitrogens with one attached hydrogen (secondary N) is 1. The number of carbonyl (C=O) groups is 1. The minimum atomic E-state index is -0.0668. The molecule has 168 valence electrons. The molecule has 0 saturated carbocycles. The molecule has 0 bridgehead atoms. The number of nitrogens with zero attached hydrogens (tertiary/aromatic N) is 2. The Hall–Kier alpha value is -2.82. The number of aromatic nitrogens is 2. The van der Waals surface area contributed by atoms with Gasteiger partial charge in [0.05, 0.1) is 28.5 Å². The molecule has 6 heteroatoms. The van der Waals surface area contributed by atoms with Gasteiger partial charge in [0, 0.05) is 15.6 Å². The van der Waals surface area contributed by atoms with Crippen molar-refractivity contribution in [2.75, 3.05) is 0 Å². The molecule has 1 aliphatic rings.